The number of benzene rings is 1. The van der Waals surface area contributed by atoms with Gasteiger partial charge in [0.05, 0.1) is 5.56 Å². The van der Waals surface area contributed by atoms with E-state index in [1.807, 2.05) is 18.2 Å². The van der Waals surface area contributed by atoms with Crippen LogP contribution in [-0.4, -0.2) is 25.0 Å². The van der Waals surface area contributed by atoms with Crippen LogP contribution < -0.4 is 16.4 Å². The van der Waals surface area contributed by atoms with E-state index in [1.165, 1.54) is 12.8 Å². The molecule has 4 N–H and O–H groups in total. The fourth-order valence-electron chi connectivity index (χ4n) is 2.56. The van der Waals surface area contributed by atoms with Gasteiger partial charge < -0.3 is 16.4 Å². The topological polar surface area (TPSA) is 67.1 Å². The Morgan fingerprint density at radius 1 is 1.58 bits per heavy atom. The van der Waals surface area contributed by atoms with Gasteiger partial charge in [0.2, 0.25) is 0 Å². The van der Waals surface area contributed by atoms with Crippen molar-refractivity contribution in [2.75, 3.05) is 18.4 Å². The first-order valence-corrected chi connectivity index (χ1v) is 7.44. The van der Waals surface area contributed by atoms with Crippen molar-refractivity contribution in [3.8, 4) is 0 Å². The Morgan fingerprint density at radius 2 is 2.37 bits per heavy atom. The second-order valence-electron chi connectivity index (χ2n) is 5.07. The maximum Gasteiger partial charge on any atom is 0.251 e. The molecule has 2 atom stereocenters. The quantitative estimate of drug-likeness (QED) is 0.796. The molecule has 4 nitrogen and oxygen atoms in total. The van der Waals surface area contributed by atoms with E-state index in [2.05, 4.69) is 33.5 Å². The summed E-state index contributed by atoms with van der Waals surface area (Å²) in [6.45, 7) is 4.28. The fourth-order valence-corrected chi connectivity index (χ4v) is 3.13. The van der Waals surface area contributed by atoms with Gasteiger partial charge in [-0.25, -0.2) is 0 Å². The Hall–Kier alpha value is -1.07. The van der Waals surface area contributed by atoms with Crippen LogP contribution in [0.4, 0.5) is 5.69 Å². The predicted molar refractivity (Wildman–Crippen MR) is 81.3 cm³/mol. The van der Waals surface area contributed by atoms with Gasteiger partial charge >= 0.3 is 0 Å². The normalized spacial score (nSPS) is 20.8. The highest BCUT2D eigenvalue weighted by molar-refractivity contribution is 9.10. The zero-order valence-corrected chi connectivity index (χ0v) is 12.7. The maximum absolute atomic E-state index is 11.5. The average Bonchev–Trinajstić information content (AvgIpc) is 2.39. The van der Waals surface area contributed by atoms with E-state index in [0.717, 1.165) is 23.2 Å². The number of piperidine rings is 1. The van der Waals surface area contributed by atoms with E-state index < -0.39 is 5.91 Å². The zero-order valence-electron chi connectivity index (χ0n) is 11.1. The molecule has 19 heavy (non-hydrogen) atoms. The molecule has 1 saturated heterocycles. The van der Waals surface area contributed by atoms with Crippen molar-refractivity contribution in [3.63, 3.8) is 0 Å². The van der Waals surface area contributed by atoms with Crippen LogP contribution in [-0.2, 0) is 0 Å². The molecule has 0 radical (unpaired) electrons. The third-order valence-corrected chi connectivity index (χ3v) is 4.35. The molecule has 2 rings (SSSR count). The van der Waals surface area contributed by atoms with Gasteiger partial charge in [-0.3, -0.25) is 4.79 Å². The van der Waals surface area contributed by atoms with E-state index in [-0.39, 0.29) is 0 Å². The van der Waals surface area contributed by atoms with Crippen molar-refractivity contribution in [2.45, 2.75) is 25.8 Å². The molecule has 2 unspecified atom stereocenters. The molecule has 0 aromatic heterocycles. The summed E-state index contributed by atoms with van der Waals surface area (Å²) < 4.78 is 0.735. The van der Waals surface area contributed by atoms with Gasteiger partial charge in [0.25, 0.3) is 5.91 Å². The molecule has 0 spiro atoms. The summed E-state index contributed by atoms with van der Waals surface area (Å²) in [5.74, 6) is 0.164. The van der Waals surface area contributed by atoms with E-state index >= 15 is 0 Å². The van der Waals surface area contributed by atoms with Crippen molar-refractivity contribution >= 4 is 27.5 Å². The van der Waals surface area contributed by atoms with E-state index in [0.29, 0.717) is 17.5 Å². The van der Waals surface area contributed by atoms with Gasteiger partial charge in [-0.15, -0.1) is 0 Å². The number of carbonyl (C=O) groups excluding carboxylic acids is 1. The van der Waals surface area contributed by atoms with E-state index in [9.17, 15) is 4.79 Å². The summed E-state index contributed by atoms with van der Waals surface area (Å²) in [7, 11) is 0. The highest BCUT2D eigenvalue weighted by Gasteiger charge is 2.21. The van der Waals surface area contributed by atoms with Crippen molar-refractivity contribution in [2.24, 2.45) is 11.7 Å². The Bertz CT molecular complexity index is 458. The molecule has 1 aromatic rings. The number of nitrogens with one attached hydrogen (secondary N) is 2. The highest BCUT2D eigenvalue weighted by atomic mass is 79.9. The Kier molecular flexibility index (Phi) is 4.82. The van der Waals surface area contributed by atoms with Crippen LogP contribution in [0.1, 0.15) is 30.1 Å². The number of carbonyl (C=O) groups is 1. The lowest BCUT2D eigenvalue weighted by Crippen LogP contribution is -2.39. The van der Waals surface area contributed by atoms with Crippen molar-refractivity contribution in [3.05, 3.63) is 28.2 Å². The molecule has 1 heterocycles. The number of primary amides is 1. The first kappa shape index (κ1) is 14.3. The highest BCUT2D eigenvalue weighted by Crippen LogP contribution is 2.26. The van der Waals surface area contributed by atoms with Gasteiger partial charge in [0, 0.05) is 16.2 Å². The average molecular weight is 326 g/mol. The molecular formula is C14H20BrN3O. The summed E-state index contributed by atoms with van der Waals surface area (Å²) in [6, 6.07) is 5.95. The summed E-state index contributed by atoms with van der Waals surface area (Å²) >= 11 is 3.38. The smallest absolute Gasteiger partial charge is 0.251 e. The second kappa shape index (κ2) is 6.39. The first-order chi connectivity index (χ1) is 9.09. The van der Waals surface area contributed by atoms with Crippen molar-refractivity contribution in [1.29, 1.82) is 0 Å². The Balaban J connectivity index is 2.14. The number of hydrogen-bond acceptors (Lipinski definition) is 3. The molecule has 104 valence electrons. The molecule has 1 fully saturated rings. The number of halogens is 1. The first-order valence-electron chi connectivity index (χ1n) is 6.65. The number of anilines is 1. The minimum atomic E-state index is -0.413. The molecule has 0 bridgehead atoms. The third-order valence-electron chi connectivity index (χ3n) is 3.69. The van der Waals surface area contributed by atoms with Crippen LogP contribution in [0, 0.1) is 5.92 Å². The SMILES string of the molecule is CC(Nc1cccc(Br)c1C(N)=O)C1CCCNC1. The Labute approximate surface area is 122 Å². The van der Waals surface area contributed by atoms with Crippen LogP contribution in [0.2, 0.25) is 0 Å². The number of hydrogen-bond donors (Lipinski definition) is 3. The summed E-state index contributed by atoms with van der Waals surface area (Å²) in [4.78, 5) is 11.5. The molecule has 1 aromatic carbocycles. The lowest BCUT2D eigenvalue weighted by Gasteiger charge is -2.30. The van der Waals surface area contributed by atoms with Gasteiger partial charge in [-0.1, -0.05) is 6.07 Å². The standard InChI is InChI=1S/C14H20BrN3O/c1-9(10-4-3-7-17-8-10)18-12-6-2-5-11(15)13(12)14(16)19/h2,5-6,9-10,17-18H,3-4,7-8H2,1H3,(H2,16,19). The van der Waals surface area contributed by atoms with Crippen LogP contribution >= 0.6 is 15.9 Å². The molecule has 1 aliphatic heterocycles. The minimum Gasteiger partial charge on any atom is -0.382 e. The number of nitrogens with two attached hydrogens (primary N) is 1. The summed E-state index contributed by atoms with van der Waals surface area (Å²) in [5, 5.41) is 6.84. The second-order valence-corrected chi connectivity index (χ2v) is 5.92. The Morgan fingerprint density at radius 3 is 3.00 bits per heavy atom. The number of amides is 1. The van der Waals surface area contributed by atoms with E-state index in [4.69, 9.17) is 5.73 Å². The lowest BCUT2D eigenvalue weighted by atomic mass is 9.92. The molecule has 5 heteroatoms. The van der Waals surface area contributed by atoms with E-state index in [1.54, 1.807) is 0 Å². The summed E-state index contributed by atoms with van der Waals surface area (Å²) in [5.41, 5.74) is 6.78. The third kappa shape index (κ3) is 3.48. The van der Waals surface area contributed by atoms with Crippen LogP contribution in [0.25, 0.3) is 0 Å². The van der Waals surface area contributed by atoms with Crippen LogP contribution in [0.3, 0.4) is 0 Å². The minimum absolute atomic E-state index is 0.306. The van der Waals surface area contributed by atoms with Gasteiger partial charge in [0.1, 0.15) is 0 Å². The van der Waals surface area contributed by atoms with Crippen molar-refractivity contribution < 1.29 is 4.79 Å². The zero-order chi connectivity index (χ0) is 13.8. The van der Waals surface area contributed by atoms with Gasteiger partial charge in [0.15, 0.2) is 0 Å². The number of rotatable bonds is 4. The molecule has 0 saturated carbocycles. The molecule has 0 aliphatic carbocycles. The lowest BCUT2D eigenvalue weighted by molar-refractivity contribution is 0.100. The maximum atomic E-state index is 11.5. The molecule has 1 amide bonds. The molecular weight excluding hydrogens is 306 g/mol. The van der Waals surface area contributed by atoms with Crippen LogP contribution in [0.15, 0.2) is 22.7 Å². The van der Waals surface area contributed by atoms with Crippen molar-refractivity contribution in [1.82, 2.24) is 5.32 Å². The van der Waals surface area contributed by atoms with Gasteiger partial charge in [-0.2, -0.15) is 0 Å². The monoisotopic (exact) mass is 325 g/mol. The largest absolute Gasteiger partial charge is 0.382 e. The molecule has 1 aliphatic rings. The predicted octanol–water partition coefficient (Wildman–Crippen LogP) is 2.35. The summed E-state index contributed by atoms with van der Waals surface area (Å²) in [6.07, 6.45) is 2.42. The van der Waals surface area contributed by atoms with Crippen LogP contribution in [0.5, 0.6) is 0 Å². The van der Waals surface area contributed by atoms with Gasteiger partial charge in [-0.05, 0) is 66.8 Å². The fraction of sp³-hybridized carbons (Fsp3) is 0.500.